The van der Waals surface area contributed by atoms with Gasteiger partial charge in [-0.25, -0.2) is 4.39 Å². The zero-order valence-corrected chi connectivity index (χ0v) is 21.2. The first-order valence-electron chi connectivity index (χ1n) is 10.6. The first-order valence-corrected chi connectivity index (χ1v) is 12.2. The number of amides is 1. The van der Waals surface area contributed by atoms with Crippen molar-refractivity contribution < 1.29 is 13.9 Å². The van der Waals surface area contributed by atoms with Gasteiger partial charge in [0.1, 0.15) is 11.6 Å². The lowest BCUT2D eigenvalue weighted by molar-refractivity contribution is -0.139. The van der Waals surface area contributed by atoms with Crippen molar-refractivity contribution in [3.8, 4) is 5.75 Å². The van der Waals surface area contributed by atoms with E-state index in [4.69, 9.17) is 4.74 Å². The quantitative estimate of drug-likeness (QED) is 0.381. The predicted molar refractivity (Wildman–Crippen MR) is 132 cm³/mol. The van der Waals surface area contributed by atoms with E-state index in [2.05, 4.69) is 50.6 Å². The van der Waals surface area contributed by atoms with Crippen molar-refractivity contribution in [2.45, 2.75) is 32.5 Å². The third-order valence-electron chi connectivity index (χ3n) is 5.97. The van der Waals surface area contributed by atoms with E-state index in [1.54, 1.807) is 0 Å². The Morgan fingerprint density at radius 1 is 1.03 bits per heavy atom. The second-order valence-electron chi connectivity index (χ2n) is 8.33. The van der Waals surface area contributed by atoms with E-state index in [-0.39, 0.29) is 30.4 Å². The van der Waals surface area contributed by atoms with Gasteiger partial charge in [0.05, 0.1) is 4.47 Å². The summed E-state index contributed by atoms with van der Waals surface area (Å²) in [5, 5.41) is 2.12. The third kappa shape index (κ3) is 5.16. The number of hydrogen-bond donors (Lipinski definition) is 0. The average Bonchev–Trinajstić information content (AvgIpc) is 2.77. The van der Waals surface area contributed by atoms with Gasteiger partial charge in [-0.1, -0.05) is 40.2 Å². The number of fused-ring (bicyclic) bond motifs is 1. The highest BCUT2D eigenvalue weighted by atomic mass is 79.9. The van der Waals surface area contributed by atoms with Gasteiger partial charge in [-0.3, -0.25) is 9.69 Å². The van der Waals surface area contributed by atoms with Crippen LogP contribution in [0.5, 0.6) is 5.75 Å². The van der Waals surface area contributed by atoms with Crippen molar-refractivity contribution in [1.82, 2.24) is 9.80 Å². The zero-order chi connectivity index (χ0) is 22.8. The van der Waals surface area contributed by atoms with Gasteiger partial charge in [-0.2, -0.15) is 0 Å². The van der Waals surface area contributed by atoms with Crippen LogP contribution in [0, 0.1) is 5.82 Å². The molecule has 0 unspecified atom stereocenters. The summed E-state index contributed by atoms with van der Waals surface area (Å²) in [6.45, 7) is 6.32. The molecule has 1 fully saturated rings. The number of carbonyl (C=O) groups is 1. The van der Waals surface area contributed by atoms with Crippen LogP contribution in [0.15, 0.2) is 63.5 Å². The van der Waals surface area contributed by atoms with Crippen LogP contribution in [0.1, 0.15) is 19.4 Å². The van der Waals surface area contributed by atoms with Crippen LogP contribution >= 0.6 is 31.9 Å². The summed E-state index contributed by atoms with van der Waals surface area (Å²) in [5.74, 6) is 0.411. The Morgan fingerprint density at radius 3 is 2.53 bits per heavy atom. The van der Waals surface area contributed by atoms with Gasteiger partial charge < -0.3 is 9.64 Å². The lowest BCUT2D eigenvalue weighted by Gasteiger charge is -2.44. The molecule has 7 heteroatoms. The molecule has 0 N–H and O–H groups in total. The van der Waals surface area contributed by atoms with Gasteiger partial charge in [-0.05, 0) is 76.4 Å². The number of benzene rings is 3. The lowest BCUT2D eigenvalue weighted by atomic mass is 10.1. The van der Waals surface area contributed by atoms with Crippen molar-refractivity contribution in [3.05, 3.63) is 74.9 Å². The molecule has 4 rings (SSSR count). The Balaban J connectivity index is 1.38. The number of ether oxygens (including phenoxy) is 1. The summed E-state index contributed by atoms with van der Waals surface area (Å²) in [6, 6.07) is 16.8. The number of hydrogen-bond acceptors (Lipinski definition) is 3. The van der Waals surface area contributed by atoms with Crippen LogP contribution in [0.3, 0.4) is 0 Å². The minimum atomic E-state index is -0.225. The maximum Gasteiger partial charge on any atom is 0.260 e. The summed E-state index contributed by atoms with van der Waals surface area (Å²) >= 11 is 7.11. The van der Waals surface area contributed by atoms with E-state index in [1.165, 1.54) is 12.1 Å². The summed E-state index contributed by atoms with van der Waals surface area (Å²) in [5.41, 5.74) is 1.07. The fraction of sp³-hybridized carbons (Fsp3) is 0.320. The first-order chi connectivity index (χ1) is 15.3. The highest BCUT2D eigenvalue weighted by Crippen LogP contribution is 2.34. The number of nitrogens with zero attached hydrogens (tertiary/aromatic N) is 2. The number of rotatable bonds is 5. The van der Waals surface area contributed by atoms with Gasteiger partial charge >= 0.3 is 0 Å². The van der Waals surface area contributed by atoms with Gasteiger partial charge in [0.15, 0.2) is 6.61 Å². The average molecular weight is 564 g/mol. The van der Waals surface area contributed by atoms with Crippen molar-refractivity contribution >= 4 is 48.5 Å². The van der Waals surface area contributed by atoms with Gasteiger partial charge in [0, 0.05) is 36.2 Å². The van der Waals surface area contributed by atoms with Crippen molar-refractivity contribution in [2.75, 3.05) is 19.7 Å². The van der Waals surface area contributed by atoms with E-state index in [9.17, 15) is 9.18 Å². The predicted octanol–water partition coefficient (Wildman–Crippen LogP) is 6.00. The third-order valence-corrected chi connectivity index (χ3v) is 7.28. The molecule has 1 saturated heterocycles. The fourth-order valence-corrected chi connectivity index (χ4v) is 5.15. The van der Waals surface area contributed by atoms with Crippen molar-refractivity contribution in [1.29, 1.82) is 0 Å². The summed E-state index contributed by atoms with van der Waals surface area (Å²) in [6.07, 6.45) is 0. The van der Waals surface area contributed by atoms with E-state index < -0.39 is 0 Å². The molecule has 2 atom stereocenters. The maximum atomic E-state index is 13.2. The Morgan fingerprint density at radius 2 is 1.78 bits per heavy atom. The Kier molecular flexibility index (Phi) is 7.17. The molecular weight excluding hydrogens is 539 g/mol. The molecule has 168 valence electrons. The molecule has 1 amide bonds. The van der Waals surface area contributed by atoms with Crippen LogP contribution in [0.25, 0.3) is 10.8 Å². The standard InChI is InChI=1S/C25H25Br2FN2O2/c1-16-13-30(17(2)12-29(16)14-18-3-7-21(28)8-4-18)24(31)15-32-23-10-5-19-11-20(26)6-9-22(19)25(23)27/h3-11,16-17H,12-15H2,1-2H3/t16-,17+/m0/s1. The second kappa shape index (κ2) is 9.89. The number of halogens is 3. The highest BCUT2D eigenvalue weighted by Gasteiger charge is 2.32. The number of piperazine rings is 1. The van der Waals surface area contributed by atoms with Crippen LogP contribution in [0.2, 0.25) is 0 Å². The maximum absolute atomic E-state index is 13.2. The van der Waals surface area contributed by atoms with E-state index >= 15 is 0 Å². The minimum absolute atomic E-state index is 0.00431. The molecule has 1 heterocycles. The van der Waals surface area contributed by atoms with E-state index in [0.717, 1.165) is 38.4 Å². The van der Waals surface area contributed by atoms with Crippen LogP contribution in [-0.2, 0) is 11.3 Å². The number of carbonyl (C=O) groups excluding carboxylic acids is 1. The molecule has 0 spiro atoms. The lowest BCUT2D eigenvalue weighted by Crippen LogP contribution is -2.58. The van der Waals surface area contributed by atoms with E-state index in [1.807, 2.05) is 47.4 Å². The molecule has 4 nitrogen and oxygen atoms in total. The van der Waals surface area contributed by atoms with Crippen molar-refractivity contribution in [2.24, 2.45) is 0 Å². The molecule has 0 aliphatic carbocycles. The molecule has 1 aliphatic heterocycles. The molecule has 0 bridgehead atoms. The molecule has 3 aromatic carbocycles. The molecule has 0 saturated carbocycles. The Bertz CT molecular complexity index is 1120. The molecule has 1 aliphatic rings. The second-order valence-corrected chi connectivity index (χ2v) is 10.0. The van der Waals surface area contributed by atoms with Gasteiger partial charge in [-0.15, -0.1) is 0 Å². The molecular formula is C25H25Br2FN2O2. The van der Waals surface area contributed by atoms with E-state index in [0.29, 0.717) is 12.3 Å². The first kappa shape index (κ1) is 23.2. The molecule has 3 aromatic rings. The van der Waals surface area contributed by atoms with Crippen molar-refractivity contribution in [3.63, 3.8) is 0 Å². The SMILES string of the molecule is C[C@@H]1CN(Cc2ccc(F)cc2)[C@@H](C)CN1C(=O)COc1ccc2cc(Br)ccc2c1Br. The molecule has 32 heavy (non-hydrogen) atoms. The minimum Gasteiger partial charge on any atom is -0.483 e. The summed E-state index contributed by atoms with van der Waals surface area (Å²) in [7, 11) is 0. The zero-order valence-electron chi connectivity index (χ0n) is 18.0. The molecule has 0 aromatic heterocycles. The normalized spacial score (nSPS) is 19.3. The van der Waals surface area contributed by atoms with Gasteiger partial charge in [0.25, 0.3) is 5.91 Å². The summed E-state index contributed by atoms with van der Waals surface area (Å²) < 4.78 is 21.0. The molecule has 0 radical (unpaired) electrons. The van der Waals surface area contributed by atoms with Crippen LogP contribution < -0.4 is 4.74 Å². The van der Waals surface area contributed by atoms with Crippen LogP contribution in [-0.4, -0.2) is 47.5 Å². The largest absolute Gasteiger partial charge is 0.483 e. The highest BCUT2D eigenvalue weighted by molar-refractivity contribution is 9.11. The topological polar surface area (TPSA) is 32.8 Å². The Hall–Kier alpha value is -1.96. The van der Waals surface area contributed by atoms with Gasteiger partial charge in [0.2, 0.25) is 0 Å². The smallest absolute Gasteiger partial charge is 0.260 e. The fourth-order valence-electron chi connectivity index (χ4n) is 4.17. The van der Waals surface area contributed by atoms with Crippen LogP contribution in [0.4, 0.5) is 4.39 Å². The monoisotopic (exact) mass is 562 g/mol. The summed E-state index contributed by atoms with van der Waals surface area (Å²) in [4.78, 5) is 17.2. The Labute approximate surface area is 204 Å².